The standard InChI is InChI=1S/C19H17N5O3/c1-11(22-19(26)13-4-2-3-12-6-8-27-17(12)13)18-23-15(9-16(25)24-18)14-5-7-20-10-21-14/h2-5,7,9-11H,6,8H2,1H3,(H,22,26)(H,23,24,25). The second-order valence-corrected chi connectivity index (χ2v) is 6.20. The molecular formula is C19H17N5O3. The van der Waals surface area contributed by atoms with Crippen molar-refractivity contribution in [1.29, 1.82) is 0 Å². The fraction of sp³-hybridized carbons (Fsp3) is 0.211. The number of aromatic amines is 1. The molecule has 0 radical (unpaired) electrons. The van der Waals surface area contributed by atoms with Crippen molar-refractivity contribution in [2.24, 2.45) is 0 Å². The second-order valence-electron chi connectivity index (χ2n) is 6.20. The van der Waals surface area contributed by atoms with Crippen molar-refractivity contribution in [2.75, 3.05) is 6.61 Å². The molecule has 0 saturated carbocycles. The van der Waals surface area contributed by atoms with E-state index in [9.17, 15) is 9.59 Å². The third kappa shape index (κ3) is 3.41. The van der Waals surface area contributed by atoms with Gasteiger partial charge in [-0.1, -0.05) is 12.1 Å². The number of H-pyrrole nitrogens is 1. The molecule has 2 aromatic heterocycles. The van der Waals surface area contributed by atoms with Gasteiger partial charge < -0.3 is 15.0 Å². The highest BCUT2D eigenvalue weighted by molar-refractivity contribution is 5.97. The van der Waals surface area contributed by atoms with Crippen LogP contribution in [0.1, 0.15) is 34.7 Å². The first-order valence-corrected chi connectivity index (χ1v) is 8.55. The monoisotopic (exact) mass is 363 g/mol. The molecular weight excluding hydrogens is 346 g/mol. The number of hydrogen-bond acceptors (Lipinski definition) is 6. The van der Waals surface area contributed by atoms with E-state index in [1.807, 2.05) is 12.1 Å². The predicted molar refractivity (Wildman–Crippen MR) is 97.4 cm³/mol. The summed E-state index contributed by atoms with van der Waals surface area (Å²) in [5.41, 5.74) is 2.13. The Morgan fingerprint density at radius 1 is 1.30 bits per heavy atom. The molecule has 4 rings (SSSR count). The van der Waals surface area contributed by atoms with Gasteiger partial charge in [0.15, 0.2) is 0 Å². The number of amides is 1. The van der Waals surface area contributed by atoms with Gasteiger partial charge in [0.05, 0.1) is 29.6 Å². The number of aromatic nitrogens is 4. The number of fused-ring (bicyclic) bond motifs is 1. The Morgan fingerprint density at radius 2 is 2.19 bits per heavy atom. The molecule has 0 bridgehead atoms. The maximum atomic E-state index is 12.7. The first-order chi connectivity index (χ1) is 13.1. The van der Waals surface area contributed by atoms with Crippen LogP contribution in [-0.4, -0.2) is 32.4 Å². The molecule has 1 aromatic carbocycles. The van der Waals surface area contributed by atoms with Crippen LogP contribution in [-0.2, 0) is 6.42 Å². The number of nitrogens with zero attached hydrogens (tertiary/aromatic N) is 3. The Morgan fingerprint density at radius 3 is 3.00 bits per heavy atom. The van der Waals surface area contributed by atoms with Gasteiger partial charge in [0.25, 0.3) is 11.5 Å². The summed E-state index contributed by atoms with van der Waals surface area (Å²) in [4.78, 5) is 39.8. The van der Waals surface area contributed by atoms with Gasteiger partial charge in [-0.3, -0.25) is 9.59 Å². The van der Waals surface area contributed by atoms with E-state index in [0.717, 1.165) is 12.0 Å². The molecule has 1 aliphatic heterocycles. The Labute approximate surface area is 154 Å². The lowest BCUT2D eigenvalue weighted by Crippen LogP contribution is -2.29. The summed E-state index contributed by atoms with van der Waals surface area (Å²) < 4.78 is 5.59. The van der Waals surface area contributed by atoms with Gasteiger partial charge in [-0.15, -0.1) is 0 Å². The lowest BCUT2D eigenvalue weighted by atomic mass is 10.1. The molecule has 8 heteroatoms. The quantitative estimate of drug-likeness (QED) is 0.729. The number of rotatable bonds is 4. The van der Waals surface area contributed by atoms with Crippen LogP contribution in [0.4, 0.5) is 0 Å². The van der Waals surface area contributed by atoms with Gasteiger partial charge in [0.1, 0.15) is 17.9 Å². The van der Waals surface area contributed by atoms with Crippen LogP contribution in [0.25, 0.3) is 11.4 Å². The molecule has 0 saturated heterocycles. The lowest BCUT2D eigenvalue weighted by Gasteiger charge is -2.15. The fourth-order valence-corrected chi connectivity index (χ4v) is 2.99. The summed E-state index contributed by atoms with van der Waals surface area (Å²) in [6, 6.07) is 8.02. The third-order valence-electron chi connectivity index (χ3n) is 4.32. The highest BCUT2D eigenvalue weighted by atomic mass is 16.5. The number of hydrogen-bond donors (Lipinski definition) is 2. The molecule has 136 valence electrons. The summed E-state index contributed by atoms with van der Waals surface area (Å²) in [6.45, 7) is 2.33. The number of carbonyl (C=O) groups excluding carboxylic acids is 1. The van der Waals surface area contributed by atoms with Crippen molar-refractivity contribution in [1.82, 2.24) is 25.3 Å². The van der Waals surface area contributed by atoms with E-state index in [2.05, 4.69) is 25.3 Å². The molecule has 1 unspecified atom stereocenters. The Hall–Kier alpha value is -3.55. The zero-order chi connectivity index (χ0) is 18.8. The minimum Gasteiger partial charge on any atom is -0.492 e. The molecule has 0 fully saturated rings. The van der Waals surface area contributed by atoms with Crippen LogP contribution in [0.15, 0.2) is 47.7 Å². The third-order valence-corrected chi connectivity index (χ3v) is 4.32. The first-order valence-electron chi connectivity index (χ1n) is 8.55. The number of nitrogens with one attached hydrogen (secondary N) is 2. The van der Waals surface area contributed by atoms with E-state index < -0.39 is 6.04 Å². The van der Waals surface area contributed by atoms with E-state index in [-0.39, 0.29) is 11.5 Å². The smallest absolute Gasteiger partial charge is 0.255 e. The number of para-hydroxylation sites is 1. The zero-order valence-electron chi connectivity index (χ0n) is 14.6. The number of benzene rings is 1. The van der Waals surface area contributed by atoms with Crippen molar-refractivity contribution in [3.63, 3.8) is 0 Å². The van der Waals surface area contributed by atoms with Gasteiger partial charge in [-0.05, 0) is 24.6 Å². The average Bonchev–Trinajstić information content (AvgIpc) is 3.17. The Bertz CT molecular complexity index is 1050. The summed E-state index contributed by atoms with van der Waals surface area (Å²) in [5.74, 6) is 0.688. The first kappa shape index (κ1) is 16.9. The van der Waals surface area contributed by atoms with E-state index >= 15 is 0 Å². The maximum absolute atomic E-state index is 12.7. The highest BCUT2D eigenvalue weighted by Gasteiger charge is 2.22. The van der Waals surface area contributed by atoms with Crippen molar-refractivity contribution in [2.45, 2.75) is 19.4 Å². The summed E-state index contributed by atoms with van der Waals surface area (Å²) in [5, 5.41) is 2.86. The Kier molecular flexibility index (Phi) is 4.37. The maximum Gasteiger partial charge on any atom is 0.255 e. The van der Waals surface area contributed by atoms with Crippen LogP contribution < -0.4 is 15.6 Å². The van der Waals surface area contributed by atoms with Gasteiger partial charge in [0.2, 0.25) is 0 Å². The minimum absolute atomic E-state index is 0.281. The van der Waals surface area contributed by atoms with Crippen LogP contribution in [0.3, 0.4) is 0 Å². The topological polar surface area (TPSA) is 110 Å². The molecule has 8 nitrogen and oxygen atoms in total. The predicted octanol–water partition coefficient (Wildman–Crippen LogP) is 1.65. The van der Waals surface area contributed by atoms with Crippen LogP contribution in [0, 0.1) is 0 Å². The van der Waals surface area contributed by atoms with E-state index in [1.54, 1.807) is 25.3 Å². The molecule has 2 N–H and O–H groups in total. The van der Waals surface area contributed by atoms with Gasteiger partial charge in [-0.25, -0.2) is 15.0 Å². The molecule has 3 aromatic rings. The fourth-order valence-electron chi connectivity index (χ4n) is 2.99. The second kappa shape index (κ2) is 6.99. The van der Waals surface area contributed by atoms with Crippen LogP contribution in [0.2, 0.25) is 0 Å². The average molecular weight is 363 g/mol. The van der Waals surface area contributed by atoms with Gasteiger partial charge >= 0.3 is 0 Å². The van der Waals surface area contributed by atoms with Gasteiger partial charge in [-0.2, -0.15) is 0 Å². The lowest BCUT2D eigenvalue weighted by molar-refractivity contribution is 0.0935. The number of ether oxygens (including phenoxy) is 1. The highest BCUT2D eigenvalue weighted by Crippen LogP contribution is 2.29. The summed E-state index contributed by atoms with van der Waals surface area (Å²) in [6.07, 6.45) is 3.76. The normalized spacial score (nSPS) is 13.5. The molecule has 1 amide bonds. The van der Waals surface area contributed by atoms with Gasteiger partial charge in [0, 0.05) is 18.7 Å². The SMILES string of the molecule is CC(NC(=O)c1cccc2c1OCC2)c1nc(-c2ccncn2)cc(=O)[nH]1. The zero-order valence-corrected chi connectivity index (χ0v) is 14.6. The largest absolute Gasteiger partial charge is 0.492 e. The molecule has 27 heavy (non-hydrogen) atoms. The van der Waals surface area contributed by atoms with E-state index in [1.165, 1.54) is 12.4 Å². The molecule has 3 heterocycles. The molecule has 1 atom stereocenters. The summed E-state index contributed by atoms with van der Waals surface area (Å²) >= 11 is 0. The van der Waals surface area contributed by atoms with Crippen molar-refractivity contribution in [3.8, 4) is 17.1 Å². The molecule has 1 aliphatic rings. The van der Waals surface area contributed by atoms with Crippen molar-refractivity contribution in [3.05, 3.63) is 70.2 Å². The molecule has 0 aliphatic carbocycles. The summed E-state index contributed by atoms with van der Waals surface area (Å²) in [7, 11) is 0. The number of carbonyl (C=O) groups is 1. The molecule has 0 spiro atoms. The minimum atomic E-state index is -0.510. The van der Waals surface area contributed by atoms with Crippen molar-refractivity contribution >= 4 is 5.91 Å². The van der Waals surface area contributed by atoms with Crippen LogP contribution in [0.5, 0.6) is 5.75 Å². The van der Waals surface area contributed by atoms with Crippen molar-refractivity contribution < 1.29 is 9.53 Å². The Balaban J connectivity index is 1.59. The van der Waals surface area contributed by atoms with E-state index in [4.69, 9.17) is 4.74 Å². The van der Waals surface area contributed by atoms with Crippen LogP contribution >= 0.6 is 0 Å². The van der Waals surface area contributed by atoms with E-state index in [0.29, 0.717) is 35.1 Å².